The monoisotopic (exact) mass is 1290 g/mol. The number of nitrogens with two attached hydrogens (primary N) is 3. The van der Waals surface area contributed by atoms with Crippen molar-refractivity contribution >= 4 is 107 Å². The number of anilines is 4. The van der Waals surface area contributed by atoms with Crippen LogP contribution in [-0.2, 0) is 28.6 Å². The number of aliphatic hydroxyl groups is 1. The minimum atomic E-state index is -1.25. The second-order valence-corrected chi connectivity index (χ2v) is 20.5. The zero-order valence-electron chi connectivity index (χ0n) is 49.3. The highest BCUT2D eigenvalue weighted by Crippen LogP contribution is 2.31. The molecule has 5 heterocycles. The van der Waals surface area contributed by atoms with Gasteiger partial charge in [-0.25, -0.2) is 19.2 Å². The predicted octanol–water partition coefficient (Wildman–Crippen LogP) is 8.58. The molecule has 13 N–H and O–H groups in total. The van der Waals surface area contributed by atoms with E-state index in [0.29, 0.717) is 38.8 Å². The number of benzene rings is 5. The van der Waals surface area contributed by atoms with Gasteiger partial charge in [0.2, 0.25) is 5.70 Å². The number of carbonyl (C=O) groups is 5. The number of thiophene rings is 2. The summed E-state index contributed by atoms with van der Waals surface area (Å²) < 4.78 is 16.7. The van der Waals surface area contributed by atoms with Crippen LogP contribution in [0, 0.1) is 23.2 Å². The minimum absolute atomic E-state index is 0.0288. The molecule has 2 atom stereocenters. The number of esters is 3. The number of phenols is 5. The van der Waals surface area contributed by atoms with Crippen molar-refractivity contribution in [2.24, 2.45) is 27.2 Å². The minimum Gasteiger partial charge on any atom is -0.510 e. The number of rotatable bonds is 12. The van der Waals surface area contributed by atoms with E-state index >= 15 is 0 Å². The van der Waals surface area contributed by atoms with Crippen LogP contribution in [0.25, 0.3) is 32.9 Å². The normalized spacial score (nSPS) is 13.4. The maximum Gasteiger partial charge on any atom is 0.362 e. The van der Waals surface area contributed by atoms with Gasteiger partial charge in [-0.3, -0.25) is 14.4 Å². The largest absolute Gasteiger partial charge is 0.510 e. The molecule has 0 radical (unpaired) electrons. The molecule has 2 unspecified atom stereocenters. The lowest BCUT2D eigenvalue weighted by atomic mass is 9.88. The number of phenolic OH excluding ortho intramolecular Hbond substituents is 5. The molecule has 4 aromatic heterocycles. The molecule has 1 aliphatic heterocycles. The van der Waals surface area contributed by atoms with E-state index in [9.17, 15) is 64.4 Å². The number of aromatic nitrogens is 4. The summed E-state index contributed by atoms with van der Waals surface area (Å²) in [4.78, 5) is 84.3. The van der Waals surface area contributed by atoms with Crippen LogP contribution in [0.5, 0.6) is 28.7 Å². The third-order valence-corrected chi connectivity index (χ3v) is 14.0. The lowest BCUT2D eigenvalue weighted by molar-refractivity contribution is -0.139. The number of nitriles is 1. The van der Waals surface area contributed by atoms with Gasteiger partial charge in [-0.05, 0) is 149 Å². The summed E-state index contributed by atoms with van der Waals surface area (Å²) in [6.45, 7) is 8.47. The van der Waals surface area contributed by atoms with Gasteiger partial charge in [0.15, 0.2) is 17.1 Å². The topological polar surface area (TPSA) is 467 Å². The standard InChI is InChI=1S/C15H13N3O4S.C15H15N3O4.C13H9N3O4S.C12H14N2O4.C6H7NO/c1-2-22-15(21)12-10-7-23-13(16)11(10)14(20)18(17-12)8-3-5-9(19)6-4-8;1-3-22-15(21)13-9(2)12(8-16)14(20)18(17-13)10-4-6-11(19)7-5-10;14-11-9-8(5-21-11)10(13(19)20)15-16(12(9)18)6-1-3-7(17)4-2-6;1-3-18-12(17)11(8(2)15)14-13-9-4-6-10(16)7-5-9;7-5-1-3-6(8)4-2-5/h3-7,19H,2,16H2,1H3;4-7,9,12,19H,3H2,1-2H3;1-5,17H,14H2,(H,19,20);4-7,15-16H,3H2,1-2H3;1-4,8H,7H2. The van der Waals surface area contributed by atoms with Crippen LogP contribution >= 0.6 is 22.7 Å². The van der Waals surface area contributed by atoms with Crippen molar-refractivity contribution in [1.29, 1.82) is 5.26 Å². The molecule has 5 aromatic carbocycles. The highest BCUT2D eigenvalue weighted by Gasteiger charge is 2.41. The third-order valence-electron chi connectivity index (χ3n) is 12.4. The van der Waals surface area contributed by atoms with Gasteiger partial charge in [0.1, 0.15) is 40.4 Å². The number of hydrazone groups is 1. The number of fused-ring (bicyclic) bond motifs is 2. The number of hydrogen-bond donors (Lipinski definition) is 10. The van der Waals surface area contributed by atoms with Gasteiger partial charge in [0.25, 0.3) is 17.0 Å². The van der Waals surface area contributed by atoms with Crippen molar-refractivity contribution in [2.45, 2.75) is 34.6 Å². The Morgan fingerprint density at radius 2 is 1.00 bits per heavy atom. The van der Waals surface area contributed by atoms with E-state index in [-0.39, 0.29) is 98.3 Å². The summed E-state index contributed by atoms with van der Waals surface area (Å²) in [5, 5.41) is 98.7. The Bertz CT molecular complexity index is 4380. The second kappa shape index (κ2) is 31.7. The molecule has 0 aliphatic carbocycles. The van der Waals surface area contributed by atoms with E-state index in [4.69, 9.17) is 41.6 Å². The fraction of sp³-hybridized carbons (Fsp3) is 0.164. The van der Waals surface area contributed by atoms with Crippen LogP contribution in [0.4, 0.5) is 27.1 Å². The Balaban J connectivity index is 0.000000188. The third kappa shape index (κ3) is 17.1. The average molecular weight is 1300 g/mol. The van der Waals surface area contributed by atoms with E-state index in [1.807, 2.05) is 6.07 Å². The number of azo groups is 1. The molecule has 10 rings (SSSR count). The summed E-state index contributed by atoms with van der Waals surface area (Å²) in [6.07, 6.45) is 0. The van der Waals surface area contributed by atoms with Crippen LogP contribution in [0.1, 0.15) is 55.6 Å². The molecule has 0 bridgehead atoms. The second-order valence-electron chi connectivity index (χ2n) is 18.7. The Labute approximate surface area is 528 Å². The molecule has 31 heteroatoms. The number of aromatic hydroxyl groups is 5. The number of aliphatic hydroxyl groups excluding tert-OH is 1. The van der Waals surface area contributed by atoms with Gasteiger partial charge >= 0.3 is 23.9 Å². The number of aromatic carboxylic acids is 1. The van der Waals surface area contributed by atoms with E-state index in [1.54, 1.807) is 57.3 Å². The van der Waals surface area contributed by atoms with Gasteiger partial charge in [-0.2, -0.15) is 40.0 Å². The number of amides is 1. The molecule has 29 nitrogen and oxygen atoms in total. The number of ether oxygens (including phenoxy) is 3. The zero-order chi connectivity index (χ0) is 67.5. The van der Waals surface area contributed by atoms with E-state index < -0.39 is 52.7 Å². The van der Waals surface area contributed by atoms with E-state index in [0.717, 1.165) is 37.0 Å². The molecule has 1 amide bonds. The Kier molecular flexibility index (Phi) is 23.7. The SMILES string of the molecule is CCOC(=O)C(N=Nc1ccc(O)cc1)=C(C)O.CCOC(=O)C1=NN(c2ccc(O)cc2)C(=O)C(C#N)C1C.CCOC(=O)c1nn(-c2ccc(O)cc2)c(=O)c2c(N)scc12.Nc1ccc(O)cc1.Nc1scc2c(C(=O)O)nn(-c3ccc(O)cc3)c(=O)c12. The Hall–Kier alpha value is -12.2. The van der Waals surface area contributed by atoms with Gasteiger partial charge in [0, 0.05) is 33.1 Å². The quantitative estimate of drug-likeness (QED) is 0.0104. The van der Waals surface area contributed by atoms with Crippen molar-refractivity contribution in [3.63, 3.8) is 0 Å². The summed E-state index contributed by atoms with van der Waals surface area (Å²) in [5.41, 5.74) is 17.8. The van der Waals surface area contributed by atoms with Crippen molar-refractivity contribution in [3.8, 4) is 46.2 Å². The maximum absolute atomic E-state index is 12.6. The van der Waals surface area contributed by atoms with Crippen LogP contribution in [0.15, 0.2) is 168 Å². The number of allylic oxidation sites excluding steroid dienone is 1. The highest BCUT2D eigenvalue weighted by molar-refractivity contribution is 7.16. The average Bonchev–Trinajstić information content (AvgIpc) is 1.51. The first kappa shape index (κ1) is 68.9. The molecule has 1 aliphatic rings. The van der Waals surface area contributed by atoms with Crippen LogP contribution in [-0.4, -0.2) is 111 Å². The summed E-state index contributed by atoms with van der Waals surface area (Å²) >= 11 is 2.26. The van der Waals surface area contributed by atoms with Gasteiger partial charge in [0.05, 0.1) is 69.4 Å². The van der Waals surface area contributed by atoms with Gasteiger partial charge in [-0.1, -0.05) is 6.92 Å². The van der Waals surface area contributed by atoms with Gasteiger partial charge in [-0.15, -0.1) is 27.8 Å². The number of nitrogens with zero attached hydrogens (tertiary/aromatic N) is 9. The highest BCUT2D eigenvalue weighted by atomic mass is 32.1. The molecule has 0 saturated heterocycles. The molecule has 0 fully saturated rings. The summed E-state index contributed by atoms with van der Waals surface area (Å²) in [5.74, 6) is -5.23. The summed E-state index contributed by atoms with van der Waals surface area (Å²) in [7, 11) is 0. The van der Waals surface area contributed by atoms with Crippen LogP contribution in [0.3, 0.4) is 0 Å². The lowest BCUT2D eigenvalue weighted by Crippen LogP contribution is -2.46. The molecular weight excluding hydrogens is 1240 g/mol. The number of carboxylic acid groups (broad SMARTS) is 1. The zero-order valence-corrected chi connectivity index (χ0v) is 50.9. The van der Waals surface area contributed by atoms with E-state index in [2.05, 4.69) is 25.5 Å². The number of nitrogen functional groups attached to an aromatic ring is 3. The van der Waals surface area contributed by atoms with Gasteiger partial charge < -0.3 is 67.2 Å². The fourth-order valence-corrected chi connectivity index (χ4v) is 9.46. The first-order valence-corrected chi connectivity index (χ1v) is 28.8. The fourth-order valence-electron chi connectivity index (χ4n) is 7.88. The maximum atomic E-state index is 12.6. The summed E-state index contributed by atoms with van der Waals surface area (Å²) in [6, 6.07) is 31.5. The molecule has 476 valence electrons. The molecule has 0 saturated carbocycles. The molecular formula is C61H58N12O17S2. The number of carboxylic acids is 1. The number of carbonyl (C=O) groups excluding carboxylic acids is 4. The van der Waals surface area contributed by atoms with Crippen molar-refractivity contribution in [3.05, 3.63) is 176 Å². The molecule has 92 heavy (non-hydrogen) atoms. The van der Waals surface area contributed by atoms with Crippen molar-refractivity contribution in [1.82, 2.24) is 19.6 Å². The van der Waals surface area contributed by atoms with Crippen molar-refractivity contribution in [2.75, 3.05) is 42.0 Å². The van der Waals surface area contributed by atoms with Crippen LogP contribution < -0.4 is 33.3 Å². The van der Waals surface area contributed by atoms with Crippen LogP contribution in [0.2, 0.25) is 0 Å². The van der Waals surface area contributed by atoms with Crippen molar-refractivity contribution < 1.29 is 73.9 Å². The van der Waals surface area contributed by atoms with E-state index in [1.165, 1.54) is 109 Å². The molecule has 0 spiro atoms. The predicted molar refractivity (Wildman–Crippen MR) is 341 cm³/mol. The number of hydrogen-bond acceptors (Lipinski definition) is 27. The molecule has 9 aromatic rings. The first-order valence-electron chi connectivity index (χ1n) is 27.0. The Morgan fingerprint density at radius 3 is 1.41 bits per heavy atom. The lowest BCUT2D eigenvalue weighted by Gasteiger charge is -2.29. The smallest absolute Gasteiger partial charge is 0.362 e. The first-order chi connectivity index (χ1) is 43.8. The Morgan fingerprint density at radius 1 is 0.598 bits per heavy atom.